The fraction of sp³-hybridized carbons (Fsp3) is 0.692. The van der Waals surface area contributed by atoms with E-state index in [0.717, 1.165) is 12.8 Å². The maximum atomic E-state index is 12.0. The van der Waals surface area contributed by atoms with Crippen LogP contribution in [0.15, 0.2) is 12.7 Å². The molecule has 1 rings (SSSR count). The Balaban J connectivity index is 2.56. The van der Waals surface area contributed by atoms with Crippen LogP contribution in [0.2, 0.25) is 0 Å². The first-order valence-corrected chi connectivity index (χ1v) is 6.18. The lowest BCUT2D eigenvalue weighted by molar-refractivity contribution is -0.140. The zero-order valence-corrected chi connectivity index (χ0v) is 11.2. The Kier molecular flexibility index (Phi) is 4.90. The lowest BCUT2D eigenvalue weighted by Gasteiger charge is -2.39. The number of aliphatic hydroxyl groups excluding tert-OH is 1. The van der Waals surface area contributed by atoms with E-state index in [2.05, 4.69) is 6.58 Å². The molecular formula is C13H22N2O3. The molecule has 1 N–H and O–H groups in total. The SMILES string of the molecule is C=CC(=O)N(C)CC(=O)N1CCCC(C)(CO)C1. The minimum atomic E-state index is -0.259. The first-order chi connectivity index (χ1) is 8.41. The Labute approximate surface area is 108 Å². The molecule has 0 aliphatic carbocycles. The summed E-state index contributed by atoms with van der Waals surface area (Å²) < 4.78 is 0. The number of aliphatic hydroxyl groups is 1. The molecule has 18 heavy (non-hydrogen) atoms. The molecule has 0 aromatic rings. The number of carbonyl (C=O) groups excluding carboxylic acids is 2. The van der Waals surface area contributed by atoms with Gasteiger partial charge in [0.05, 0.1) is 13.2 Å². The summed E-state index contributed by atoms with van der Waals surface area (Å²) in [6.45, 7) is 6.76. The van der Waals surface area contributed by atoms with E-state index in [1.807, 2.05) is 6.92 Å². The average Bonchev–Trinajstić information content (AvgIpc) is 2.37. The van der Waals surface area contributed by atoms with Gasteiger partial charge in [0.25, 0.3) is 0 Å². The van der Waals surface area contributed by atoms with Crippen molar-refractivity contribution in [3.05, 3.63) is 12.7 Å². The highest BCUT2D eigenvalue weighted by molar-refractivity contribution is 5.90. The van der Waals surface area contributed by atoms with Crippen molar-refractivity contribution in [1.29, 1.82) is 0 Å². The van der Waals surface area contributed by atoms with Crippen molar-refractivity contribution in [3.63, 3.8) is 0 Å². The second-order valence-electron chi connectivity index (χ2n) is 5.29. The molecule has 1 heterocycles. The predicted molar refractivity (Wildman–Crippen MR) is 68.8 cm³/mol. The van der Waals surface area contributed by atoms with Gasteiger partial charge in [-0.15, -0.1) is 0 Å². The van der Waals surface area contributed by atoms with E-state index in [-0.39, 0.29) is 30.4 Å². The molecule has 2 amide bonds. The summed E-state index contributed by atoms with van der Waals surface area (Å²) >= 11 is 0. The second-order valence-corrected chi connectivity index (χ2v) is 5.29. The van der Waals surface area contributed by atoms with Crippen molar-refractivity contribution in [2.75, 3.05) is 33.3 Å². The fourth-order valence-corrected chi connectivity index (χ4v) is 2.19. The van der Waals surface area contributed by atoms with Crippen LogP contribution in [0.25, 0.3) is 0 Å². The molecule has 1 unspecified atom stereocenters. The molecule has 1 aliphatic rings. The standard InChI is InChI=1S/C13H22N2O3/c1-4-11(17)14(3)8-12(18)15-7-5-6-13(2,9-15)10-16/h4,16H,1,5-10H2,2-3H3. The number of likely N-dealkylation sites (tertiary alicyclic amines) is 1. The summed E-state index contributed by atoms with van der Waals surface area (Å²) in [7, 11) is 1.58. The van der Waals surface area contributed by atoms with Gasteiger partial charge in [-0.05, 0) is 18.9 Å². The van der Waals surface area contributed by atoms with Crippen molar-refractivity contribution in [2.45, 2.75) is 19.8 Å². The molecule has 5 nitrogen and oxygen atoms in total. The molecule has 0 aromatic heterocycles. The summed E-state index contributed by atoms with van der Waals surface area (Å²) in [4.78, 5) is 26.4. The molecule has 0 radical (unpaired) electrons. The lowest BCUT2D eigenvalue weighted by Crippen LogP contribution is -2.49. The van der Waals surface area contributed by atoms with Gasteiger partial charge in [-0.3, -0.25) is 9.59 Å². The van der Waals surface area contributed by atoms with Crippen LogP contribution in [-0.2, 0) is 9.59 Å². The number of likely N-dealkylation sites (N-methyl/N-ethyl adjacent to an activating group) is 1. The normalized spacial score (nSPS) is 23.6. The Hall–Kier alpha value is -1.36. The number of carbonyl (C=O) groups is 2. The zero-order chi connectivity index (χ0) is 13.8. The van der Waals surface area contributed by atoms with Crippen LogP contribution in [0.4, 0.5) is 0 Å². The monoisotopic (exact) mass is 254 g/mol. The molecule has 0 saturated carbocycles. The van der Waals surface area contributed by atoms with E-state index in [1.165, 1.54) is 11.0 Å². The minimum absolute atomic E-state index is 0.0619. The third-order valence-corrected chi connectivity index (χ3v) is 3.44. The summed E-state index contributed by atoms with van der Waals surface area (Å²) in [6, 6.07) is 0. The van der Waals surface area contributed by atoms with E-state index in [0.29, 0.717) is 13.1 Å². The number of hydrogen-bond donors (Lipinski definition) is 1. The van der Waals surface area contributed by atoms with E-state index in [4.69, 9.17) is 0 Å². The van der Waals surface area contributed by atoms with Crippen LogP contribution < -0.4 is 0 Å². The van der Waals surface area contributed by atoms with E-state index in [9.17, 15) is 14.7 Å². The van der Waals surface area contributed by atoms with Gasteiger partial charge in [-0.2, -0.15) is 0 Å². The quantitative estimate of drug-likeness (QED) is 0.732. The van der Waals surface area contributed by atoms with E-state index in [1.54, 1.807) is 11.9 Å². The predicted octanol–water partition coefficient (Wildman–Crippen LogP) is 0.252. The molecular weight excluding hydrogens is 232 g/mol. The van der Waals surface area contributed by atoms with Gasteiger partial charge in [0.15, 0.2) is 0 Å². The van der Waals surface area contributed by atoms with Gasteiger partial charge in [0.2, 0.25) is 11.8 Å². The van der Waals surface area contributed by atoms with Gasteiger partial charge < -0.3 is 14.9 Å². The number of rotatable bonds is 4. The maximum Gasteiger partial charge on any atom is 0.246 e. The first-order valence-electron chi connectivity index (χ1n) is 6.18. The molecule has 1 fully saturated rings. The molecule has 1 aliphatic heterocycles. The number of amides is 2. The summed E-state index contributed by atoms with van der Waals surface area (Å²) in [6.07, 6.45) is 3.01. The second kappa shape index (κ2) is 6.00. The molecule has 0 aromatic carbocycles. The number of piperidine rings is 1. The Morgan fingerprint density at radius 1 is 1.56 bits per heavy atom. The van der Waals surface area contributed by atoms with E-state index < -0.39 is 0 Å². The Morgan fingerprint density at radius 3 is 2.78 bits per heavy atom. The summed E-state index contributed by atoms with van der Waals surface area (Å²) in [5.41, 5.74) is -0.213. The maximum absolute atomic E-state index is 12.0. The number of nitrogens with zero attached hydrogens (tertiary/aromatic N) is 2. The molecule has 0 spiro atoms. The van der Waals surface area contributed by atoms with Gasteiger partial charge in [0.1, 0.15) is 0 Å². The van der Waals surface area contributed by atoms with Crippen LogP contribution in [0, 0.1) is 5.41 Å². The van der Waals surface area contributed by atoms with Crippen molar-refractivity contribution in [2.24, 2.45) is 5.41 Å². The third-order valence-electron chi connectivity index (χ3n) is 3.44. The smallest absolute Gasteiger partial charge is 0.246 e. The van der Waals surface area contributed by atoms with Crippen molar-refractivity contribution >= 4 is 11.8 Å². The largest absolute Gasteiger partial charge is 0.396 e. The van der Waals surface area contributed by atoms with Gasteiger partial charge >= 0.3 is 0 Å². The van der Waals surface area contributed by atoms with Gasteiger partial charge in [0, 0.05) is 25.6 Å². The van der Waals surface area contributed by atoms with Crippen LogP contribution >= 0.6 is 0 Å². The van der Waals surface area contributed by atoms with Crippen LogP contribution in [0.5, 0.6) is 0 Å². The van der Waals surface area contributed by atoms with E-state index >= 15 is 0 Å². The molecule has 1 saturated heterocycles. The van der Waals surface area contributed by atoms with Crippen LogP contribution in [0.3, 0.4) is 0 Å². The zero-order valence-electron chi connectivity index (χ0n) is 11.2. The molecule has 0 bridgehead atoms. The summed E-state index contributed by atoms with van der Waals surface area (Å²) in [5, 5.41) is 9.34. The Morgan fingerprint density at radius 2 is 2.22 bits per heavy atom. The Bertz CT molecular complexity index is 343. The topological polar surface area (TPSA) is 60.9 Å². The van der Waals surface area contributed by atoms with Crippen molar-refractivity contribution in [1.82, 2.24) is 9.80 Å². The van der Waals surface area contributed by atoms with Crippen molar-refractivity contribution in [3.8, 4) is 0 Å². The van der Waals surface area contributed by atoms with Gasteiger partial charge in [-0.25, -0.2) is 0 Å². The molecule has 1 atom stereocenters. The molecule has 5 heteroatoms. The number of hydrogen-bond acceptors (Lipinski definition) is 3. The van der Waals surface area contributed by atoms with Gasteiger partial charge in [-0.1, -0.05) is 13.5 Å². The van der Waals surface area contributed by atoms with Crippen molar-refractivity contribution < 1.29 is 14.7 Å². The average molecular weight is 254 g/mol. The lowest BCUT2D eigenvalue weighted by atomic mass is 9.83. The van der Waals surface area contributed by atoms with Crippen LogP contribution in [0.1, 0.15) is 19.8 Å². The highest BCUT2D eigenvalue weighted by Crippen LogP contribution is 2.28. The van der Waals surface area contributed by atoms with Crippen LogP contribution in [-0.4, -0.2) is 60.0 Å². The fourth-order valence-electron chi connectivity index (χ4n) is 2.19. The highest BCUT2D eigenvalue weighted by Gasteiger charge is 2.32. The minimum Gasteiger partial charge on any atom is -0.396 e. The molecule has 102 valence electrons. The highest BCUT2D eigenvalue weighted by atomic mass is 16.3. The first kappa shape index (κ1) is 14.7. The third kappa shape index (κ3) is 3.57. The summed E-state index contributed by atoms with van der Waals surface area (Å²) in [5.74, 6) is -0.336.